The number of imide groups is 1. The van der Waals surface area contributed by atoms with Gasteiger partial charge in [0.25, 0.3) is 0 Å². The molecule has 1 heterocycles. The Bertz CT molecular complexity index is 947. The topological polar surface area (TPSA) is 114 Å². The van der Waals surface area contributed by atoms with E-state index in [9.17, 15) is 22.4 Å². The summed E-state index contributed by atoms with van der Waals surface area (Å²) in [7, 11) is -3.85. The molecule has 1 atom stereocenters. The van der Waals surface area contributed by atoms with Gasteiger partial charge in [0.15, 0.2) is 11.6 Å². The maximum Gasteiger partial charge on any atom is 0.243 e. The van der Waals surface area contributed by atoms with Gasteiger partial charge in [-0.15, -0.1) is 0 Å². The Morgan fingerprint density at radius 1 is 1.19 bits per heavy atom. The van der Waals surface area contributed by atoms with Crippen LogP contribution in [-0.2, 0) is 19.6 Å². The van der Waals surface area contributed by atoms with Crippen molar-refractivity contribution in [2.24, 2.45) is 5.92 Å². The van der Waals surface area contributed by atoms with E-state index in [4.69, 9.17) is 4.74 Å². The summed E-state index contributed by atoms with van der Waals surface area (Å²) in [5.41, 5.74) is -0.711. The van der Waals surface area contributed by atoms with E-state index in [1.807, 2.05) is 0 Å². The first-order valence-corrected chi connectivity index (χ1v) is 12.6. The lowest BCUT2D eigenvalue weighted by molar-refractivity contribution is -0.134. The van der Waals surface area contributed by atoms with E-state index in [0.29, 0.717) is 38.3 Å². The minimum atomic E-state index is -3.85. The van der Waals surface area contributed by atoms with E-state index in [2.05, 4.69) is 15.4 Å². The van der Waals surface area contributed by atoms with Crippen molar-refractivity contribution in [1.29, 1.82) is 0 Å². The monoisotopic (exact) mass is 469 g/mol. The quantitative estimate of drug-likeness (QED) is 0.320. The molecule has 32 heavy (non-hydrogen) atoms. The van der Waals surface area contributed by atoms with Gasteiger partial charge in [0.2, 0.25) is 21.8 Å². The molecular formula is C22H32FN3O5S. The third-order valence-corrected chi connectivity index (χ3v) is 7.35. The minimum Gasteiger partial charge on any atom is -0.490 e. The standard InChI is InChI=1S/C22H32FN3O5S/c1-22(2,11-3-4-12-24-18-9-10-20(27)25-21(18)28)26-32(29,30)16-7-8-17(23)19(13-16)31-14-15-5-6-15/h7-8,13,15,18,24,26H,3-6,9-12,14H2,1-2H3,(H,25,27,28). The molecule has 178 valence electrons. The van der Waals surface area contributed by atoms with Crippen molar-refractivity contribution < 1.29 is 27.1 Å². The summed E-state index contributed by atoms with van der Waals surface area (Å²) in [6.07, 6.45) is 4.98. The molecule has 1 unspecified atom stereocenters. The Labute approximate surface area is 188 Å². The lowest BCUT2D eigenvalue weighted by Gasteiger charge is -2.26. The molecule has 1 aliphatic carbocycles. The van der Waals surface area contributed by atoms with Crippen LogP contribution < -0.4 is 20.1 Å². The van der Waals surface area contributed by atoms with Crippen molar-refractivity contribution in [3.8, 4) is 5.75 Å². The Kier molecular flexibility index (Phi) is 7.89. The number of benzene rings is 1. The number of halogens is 1. The molecule has 1 saturated heterocycles. The number of unbranched alkanes of at least 4 members (excludes halogenated alkanes) is 1. The average molecular weight is 470 g/mol. The summed E-state index contributed by atoms with van der Waals surface area (Å²) >= 11 is 0. The Balaban J connectivity index is 1.46. The van der Waals surface area contributed by atoms with Gasteiger partial charge in [-0.25, -0.2) is 17.5 Å². The van der Waals surface area contributed by atoms with Gasteiger partial charge < -0.3 is 10.1 Å². The van der Waals surface area contributed by atoms with E-state index in [1.54, 1.807) is 13.8 Å². The van der Waals surface area contributed by atoms with Gasteiger partial charge in [0.05, 0.1) is 17.5 Å². The van der Waals surface area contributed by atoms with Gasteiger partial charge in [-0.2, -0.15) is 0 Å². The maximum absolute atomic E-state index is 14.0. The predicted octanol–water partition coefficient (Wildman–Crippen LogP) is 2.24. The van der Waals surface area contributed by atoms with E-state index < -0.39 is 21.4 Å². The molecule has 0 bridgehead atoms. The third-order valence-electron chi connectivity index (χ3n) is 5.65. The molecule has 2 amide bonds. The zero-order valence-corrected chi connectivity index (χ0v) is 19.4. The van der Waals surface area contributed by atoms with Crippen molar-refractivity contribution in [1.82, 2.24) is 15.4 Å². The largest absolute Gasteiger partial charge is 0.490 e. The SMILES string of the molecule is CC(C)(CCCCNC1CCC(=O)NC1=O)NS(=O)(=O)c1ccc(F)c(OCC2CC2)c1. The van der Waals surface area contributed by atoms with Crippen LogP contribution in [0.4, 0.5) is 4.39 Å². The van der Waals surface area contributed by atoms with Crippen LogP contribution in [0.5, 0.6) is 5.75 Å². The molecule has 10 heteroatoms. The molecule has 3 rings (SSSR count). The van der Waals surface area contributed by atoms with E-state index in [-0.39, 0.29) is 28.5 Å². The number of hydrogen-bond acceptors (Lipinski definition) is 6. The predicted molar refractivity (Wildman–Crippen MR) is 117 cm³/mol. The number of ether oxygens (including phenoxy) is 1. The summed E-state index contributed by atoms with van der Waals surface area (Å²) in [5.74, 6) is -0.736. The second-order valence-corrected chi connectivity index (χ2v) is 10.9. The summed E-state index contributed by atoms with van der Waals surface area (Å²) in [6, 6.07) is 3.22. The van der Waals surface area contributed by atoms with Gasteiger partial charge in [-0.1, -0.05) is 6.42 Å². The van der Waals surface area contributed by atoms with Crippen LogP contribution in [0, 0.1) is 11.7 Å². The smallest absolute Gasteiger partial charge is 0.243 e. The molecule has 1 saturated carbocycles. The number of amides is 2. The summed E-state index contributed by atoms with van der Waals surface area (Å²) in [6.45, 7) is 4.58. The third kappa shape index (κ3) is 7.25. The number of rotatable bonds is 12. The highest BCUT2D eigenvalue weighted by Crippen LogP contribution is 2.31. The molecule has 0 spiro atoms. The summed E-state index contributed by atoms with van der Waals surface area (Å²) in [4.78, 5) is 22.9. The molecule has 8 nitrogen and oxygen atoms in total. The Morgan fingerprint density at radius 3 is 2.62 bits per heavy atom. The number of nitrogens with one attached hydrogen (secondary N) is 3. The first-order valence-electron chi connectivity index (χ1n) is 11.1. The highest BCUT2D eigenvalue weighted by atomic mass is 32.2. The molecule has 2 fully saturated rings. The van der Waals surface area contributed by atoms with Gasteiger partial charge in [0.1, 0.15) is 0 Å². The van der Waals surface area contributed by atoms with E-state index >= 15 is 0 Å². The lowest BCUT2D eigenvalue weighted by atomic mass is 9.98. The highest BCUT2D eigenvalue weighted by Gasteiger charge is 2.28. The van der Waals surface area contributed by atoms with Crippen LogP contribution in [0.2, 0.25) is 0 Å². The normalized spacial score (nSPS) is 19.7. The molecule has 0 radical (unpaired) electrons. The zero-order chi connectivity index (χ0) is 23.4. The van der Waals surface area contributed by atoms with Gasteiger partial charge in [0, 0.05) is 18.0 Å². The van der Waals surface area contributed by atoms with Crippen LogP contribution in [0.25, 0.3) is 0 Å². The summed E-state index contributed by atoms with van der Waals surface area (Å²) < 4.78 is 47.8. The second kappa shape index (κ2) is 10.3. The first kappa shape index (κ1) is 24.6. The zero-order valence-electron chi connectivity index (χ0n) is 18.6. The first-order chi connectivity index (χ1) is 15.1. The minimum absolute atomic E-state index is 0.0303. The van der Waals surface area contributed by atoms with Crippen molar-refractivity contribution >= 4 is 21.8 Å². The van der Waals surface area contributed by atoms with Crippen LogP contribution in [0.15, 0.2) is 23.1 Å². The van der Waals surface area contributed by atoms with Crippen LogP contribution in [-0.4, -0.2) is 45.0 Å². The van der Waals surface area contributed by atoms with Crippen molar-refractivity contribution in [3.05, 3.63) is 24.0 Å². The van der Waals surface area contributed by atoms with Crippen LogP contribution in [0.3, 0.4) is 0 Å². The van der Waals surface area contributed by atoms with E-state index in [0.717, 1.165) is 31.7 Å². The second-order valence-electron chi connectivity index (χ2n) is 9.25. The molecule has 1 aliphatic heterocycles. The molecule has 1 aromatic carbocycles. The van der Waals surface area contributed by atoms with Gasteiger partial charge in [-0.3, -0.25) is 14.9 Å². The Morgan fingerprint density at radius 2 is 1.94 bits per heavy atom. The molecule has 2 aliphatic rings. The highest BCUT2D eigenvalue weighted by molar-refractivity contribution is 7.89. The molecule has 1 aromatic rings. The molecule has 0 aromatic heterocycles. The molecular weight excluding hydrogens is 437 g/mol. The van der Waals surface area contributed by atoms with Crippen molar-refractivity contribution in [2.75, 3.05) is 13.2 Å². The van der Waals surface area contributed by atoms with Crippen molar-refractivity contribution in [2.45, 2.75) is 75.3 Å². The fourth-order valence-electron chi connectivity index (χ4n) is 3.58. The lowest BCUT2D eigenvalue weighted by Crippen LogP contribution is -2.50. The maximum atomic E-state index is 14.0. The number of carbonyl (C=O) groups excluding carboxylic acids is 2. The van der Waals surface area contributed by atoms with Crippen molar-refractivity contribution in [3.63, 3.8) is 0 Å². The summed E-state index contributed by atoms with van der Waals surface area (Å²) in [5, 5.41) is 5.45. The fraction of sp³-hybridized carbons (Fsp3) is 0.636. The molecule has 3 N–H and O–H groups in total. The number of piperidine rings is 1. The number of hydrogen-bond donors (Lipinski definition) is 3. The van der Waals surface area contributed by atoms with E-state index in [1.165, 1.54) is 12.1 Å². The fourth-order valence-corrected chi connectivity index (χ4v) is 5.04. The number of sulfonamides is 1. The van der Waals surface area contributed by atoms with Gasteiger partial charge in [-0.05, 0) is 70.5 Å². The van der Waals surface area contributed by atoms with Crippen LogP contribution in [0.1, 0.15) is 58.8 Å². The average Bonchev–Trinajstić information content (AvgIpc) is 3.52. The number of carbonyl (C=O) groups is 2. The Hall–Kier alpha value is -2.04. The van der Waals surface area contributed by atoms with Gasteiger partial charge >= 0.3 is 0 Å². The van der Waals surface area contributed by atoms with Crippen LogP contribution >= 0.6 is 0 Å².